The lowest BCUT2D eigenvalue weighted by molar-refractivity contribution is -0.386. The van der Waals surface area contributed by atoms with E-state index in [1.807, 2.05) is 0 Å². The van der Waals surface area contributed by atoms with Gasteiger partial charge in [0.15, 0.2) is 6.61 Å². The van der Waals surface area contributed by atoms with Gasteiger partial charge in [-0.05, 0) is 0 Å². The van der Waals surface area contributed by atoms with Gasteiger partial charge in [-0.1, -0.05) is 0 Å². The summed E-state index contributed by atoms with van der Waals surface area (Å²) in [5.74, 6) is -2.05. The van der Waals surface area contributed by atoms with Gasteiger partial charge in [-0.3, -0.25) is 10.1 Å². The molecule has 17 heavy (non-hydrogen) atoms. The van der Waals surface area contributed by atoms with Crippen molar-refractivity contribution in [1.82, 2.24) is 4.98 Å². The van der Waals surface area contributed by atoms with E-state index in [0.717, 1.165) is 6.20 Å². The van der Waals surface area contributed by atoms with Gasteiger partial charge >= 0.3 is 11.7 Å². The molecule has 0 amide bonds. The van der Waals surface area contributed by atoms with E-state index in [-0.39, 0.29) is 0 Å². The van der Waals surface area contributed by atoms with Gasteiger partial charge in [0.1, 0.15) is 0 Å². The standard InChI is InChI=1S/C8H6F2N2O5/c9-6(10)3-17-7-5(12(15)16)1-4(2-11-7)8(13)14/h1-2,6H,3H2,(H,13,14). The highest BCUT2D eigenvalue weighted by Crippen LogP contribution is 2.25. The number of ether oxygens (including phenoxy) is 1. The molecule has 0 spiro atoms. The maximum absolute atomic E-state index is 11.8. The quantitative estimate of drug-likeness (QED) is 0.622. The Morgan fingerprint density at radius 3 is 2.76 bits per heavy atom. The van der Waals surface area contributed by atoms with Crippen molar-refractivity contribution >= 4 is 11.7 Å². The van der Waals surface area contributed by atoms with E-state index in [9.17, 15) is 23.7 Å². The zero-order valence-electron chi connectivity index (χ0n) is 8.17. The molecule has 1 rings (SSSR count). The van der Waals surface area contributed by atoms with Gasteiger partial charge in [0.05, 0.1) is 10.5 Å². The van der Waals surface area contributed by atoms with Gasteiger partial charge in [0.2, 0.25) is 0 Å². The number of pyridine rings is 1. The first-order chi connectivity index (χ1) is 7.91. The molecule has 1 heterocycles. The van der Waals surface area contributed by atoms with Crippen LogP contribution in [-0.4, -0.2) is 34.0 Å². The molecule has 1 N–H and O–H groups in total. The summed E-state index contributed by atoms with van der Waals surface area (Å²) in [4.78, 5) is 23.4. The fraction of sp³-hybridized carbons (Fsp3) is 0.250. The molecule has 1 aromatic rings. The first-order valence-corrected chi connectivity index (χ1v) is 4.20. The molecule has 0 aliphatic heterocycles. The second-order valence-corrected chi connectivity index (χ2v) is 2.81. The number of aromatic nitrogens is 1. The van der Waals surface area contributed by atoms with Crippen LogP contribution in [0.15, 0.2) is 12.3 Å². The van der Waals surface area contributed by atoms with Crippen molar-refractivity contribution in [3.63, 3.8) is 0 Å². The Morgan fingerprint density at radius 1 is 1.65 bits per heavy atom. The predicted molar refractivity (Wildman–Crippen MR) is 49.3 cm³/mol. The second-order valence-electron chi connectivity index (χ2n) is 2.81. The molecule has 0 bridgehead atoms. The molecular formula is C8H6F2N2O5. The summed E-state index contributed by atoms with van der Waals surface area (Å²) >= 11 is 0. The van der Waals surface area contributed by atoms with Crippen LogP contribution in [0.1, 0.15) is 10.4 Å². The van der Waals surface area contributed by atoms with E-state index >= 15 is 0 Å². The highest BCUT2D eigenvalue weighted by atomic mass is 19.3. The highest BCUT2D eigenvalue weighted by Gasteiger charge is 2.21. The number of hydrogen-bond acceptors (Lipinski definition) is 5. The molecule has 0 atom stereocenters. The van der Waals surface area contributed by atoms with Crippen molar-refractivity contribution in [2.24, 2.45) is 0 Å². The molecule has 0 unspecified atom stereocenters. The van der Waals surface area contributed by atoms with Gasteiger partial charge in [0, 0.05) is 12.3 Å². The van der Waals surface area contributed by atoms with Crippen LogP contribution in [0, 0.1) is 10.1 Å². The number of alkyl halides is 2. The molecule has 0 aliphatic carbocycles. The Hall–Kier alpha value is -2.32. The molecule has 9 heteroatoms. The van der Waals surface area contributed by atoms with Crippen LogP contribution < -0.4 is 4.74 Å². The first-order valence-electron chi connectivity index (χ1n) is 4.20. The summed E-state index contributed by atoms with van der Waals surface area (Å²) < 4.78 is 28.1. The highest BCUT2D eigenvalue weighted by molar-refractivity contribution is 5.88. The van der Waals surface area contributed by atoms with Gasteiger partial charge in [-0.25, -0.2) is 18.6 Å². The lowest BCUT2D eigenvalue weighted by Gasteiger charge is -2.05. The molecule has 0 fully saturated rings. The summed E-state index contributed by atoms with van der Waals surface area (Å²) in [6, 6.07) is 0.691. The number of nitro groups is 1. The number of halogens is 2. The maximum Gasteiger partial charge on any atom is 0.337 e. The van der Waals surface area contributed by atoms with Gasteiger partial charge in [-0.2, -0.15) is 0 Å². The summed E-state index contributed by atoms with van der Waals surface area (Å²) in [5.41, 5.74) is -1.20. The van der Waals surface area contributed by atoms with E-state index in [1.165, 1.54) is 0 Å². The number of hydrogen-bond donors (Lipinski definition) is 1. The number of rotatable bonds is 5. The van der Waals surface area contributed by atoms with Crippen LogP contribution in [0.2, 0.25) is 0 Å². The molecule has 0 radical (unpaired) electrons. The zero-order chi connectivity index (χ0) is 13.0. The molecule has 1 aromatic heterocycles. The van der Waals surface area contributed by atoms with E-state index in [2.05, 4.69) is 9.72 Å². The fourth-order valence-electron chi connectivity index (χ4n) is 0.941. The second kappa shape index (κ2) is 5.14. The molecule has 0 aliphatic rings. The van der Waals surface area contributed by atoms with E-state index < -0.39 is 41.1 Å². The molecule has 0 saturated carbocycles. The number of carboxylic acid groups (broad SMARTS) is 1. The first kappa shape index (κ1) is 12.7. The summed E-state index contributed by atoms with van der Waals surface area (Å²) in [6.07, 6.45) is -2.02. The van der Waals surface area contributed by atoms with E-state index in [0.29, 0.717) is 6.07 Å². The number of carboxylic acids is 1. The van der Waals surface area contributed by atoms with E-state index in [1.54, 1.807) is 0 Å². The predicted octanol–water partition coefficient (Wildman–Crippen LogP) is 1.33. The minimum absolute atomic E-state index is 0.430. The van der Waals surface area contributed by atoms with Crippen LogP contribution in [0.25, 0.3) is 0 Å². The van der Waals surface area contributed by atoms with Crippen LogP contribution in [-0.2, 0) is 0 Å². The zero-order valence-corrected chi connectivity index (χ0v) is 8.17. The van der Waals surface area contributed by atoms with Crippen molar-refractivity contribution in [3.8, 4) is 5.88 Å². The van der Waals surface area contributed by atoms with Crippen LogP contribution >= 0.6 is 0 Å². The molecule has 92 valence electrons. The average Bonchev–Trinajstić information content (AvgIpc) is 2.25. The molecule has 0 aromatic carbocycles. The summed E-state index contributed by atoms with van der Waals surface area (Å²) in [5, 5.41) is 19.1. The van der Waals surface area contributed by atoms with Crippen molar-refractivity contribution in [2.75, 3.05) is 6.61 Å². The maximum atomic E-state index is 11.8. The normalized spacial score (nSPS) is 10.3. The Bertz CT molecular complexity index is 452. The number of nitrogens with zero attached hydrogens (tertiary/aromatic N) is 2. The summed E-state index contributed by atoms with van der Waals surface area (Å²) in [7, 11) is 0. The van der Waals surface area contributed by atoms with Crippen molar-refractivity contribution in [2.45, 2.75) is 6.43 Å². The topological polar surface area (TPSA) is 103 Å². The van der Waals surface area contributed by atoms with Crippen molar-refractivity contribution < 1.29 is 28.3 Å². The monoisotopic (exact) mass is 248 g/mol. The summed E-state index contributed by atoms with van der Waals surface area (Å²) in [6.45, 7) is -1.06. The smallest absolute Gasteiger partial charge is 0.337 e. The number of aromatic carboxylic acids is 1. The number of carbonyl (C=O) groups is 1. The van der Waals surface area contributed by atoms with Crippen LogP contribution in [0.4, 0.5) is 14.5 Å². The lowest BCUT2D eigenvalue weighted by Crippen LogP contribution is -2.10. The largest absolute Gasteiger partial charge is 0.478 e. The molecular weight excluding hydrogens is 242 g/mol. The average molecular weight is 248 g/mol. The van der Waals surface area contributed by atoms with E-state index in [4.69, 9.17) is 5.11 Å². The Labute approximate surface area is 92.8 Å². The Balaban J connectivity index is 3.04. The Kier molecular flexibility index (Phi) is 3.86. The van der Waals surface area contributed by atoms with Gasteiger partial charge in [-0.15, -0.1) is 0 Å². The third-order valence-electron chi connectivity index (χ3n) is 1.62. The minimum Gasteiger partial charge on any atom is -0.478 e. The third-order valence-corrected chi connectivity index (χ3v) is 1.62. The fourth-order valence-corrected chi connectivity index (χ4v) is 0.941. The minimum atomic E-state index is -2.81. The lowest BCUT2D eigenvalue weighted by atomic mass is 10.2. The SMILES string of the molecule is O=C(O)c1cnc(OCC(F)F)c([N+](=O)[O-])c1. The van der Waals surface area contributed by atoms with Crippen molar-refractivity contribution in [1.29, 1.82) is 0 Å². The van der Waals surface area contributed by atoms with Gasteiger partial charge < -0.3 is 9.84 Å². The third kappa shape index (κ3) is 3.33. The van der Waals surface area contributed by atoms with Crippen LogP contribution in [0.3, 0.4) is 0 Å². The Morgan fingerprint density at radius 2 is 2.29 bits per heavy atom. The van der Waals surface area contributed by atoms with Crippen LogP contribution in [0.5, 0.6) is 5.88 Å². The van der Waals surface area contributed by atoms with Crippen molar-refractivity contribution in [3.05, 3.63) is 27.9 Å². The molecule has 0 saturated heterocycles. The van der Waals surface area contributed by atoms with Gasteiger partial charge in [0.25, 0.3) is 12.3 Å². The molecule has 7 nitrogen and oxygen atoms in total.